The fourth-order valence-corrected chi connectivity index (χ4v) is 2.93. The molecule has 0 atom stereocenters. The summed E-state index contributed by atoms with van der Waals surface area (Å²) in [6.45, 7) is 6.35. The highest BCUT2D eigenvalue weighted by atomic mass is 35.5. The minimum Gasteiger partial charge on any atom is -0.336 e. The summed E-state index contributed by atoms with van der Waals surface area (Å²) in [6.07, 6.45) is 1.55. The van der Waals surface area contributed by atoms with Crippen LogP contribution in [0, 0.1) is 6.92 Å². The Morgan fingerprint density at radius 2 is 1.87 bits per heavy atom. The maximum Gasteiger partial charge on any atom is 0.255 e. The van der Waals surface area contributed by atoms with E-state index in [0.717, 1.165) is 32.7 Å². The Labute approximate surface area is 141 Å². The van der Waals surface area contributed by atoms with Gasteiger partial charge in [0.15, 0.2) is 0 Å². The number of aromatic nitrogens is 1. The van der Waals surface area contributed by atoms with E-state index in [1.54, 1.807) is 18.3 Å². The minimum absolute atomic E-state index is 0.0321. The van der Waals surface area contributed by atoms with Gasteiger partial charge >= 0.3 is 0 Å². The molecule has 1 amide bonds. The Morgan fingerprint density at radius 3 is 2.52 bits per heavy atom. The first-order valence-corrected chi connectivity index (χ1v) is 8.19. The Hall–Kier alpha value is -1.91. The van der Waals surface area contributed by atoms with Gasteiger partial charge in [0, 0.05) is 38.9 Å². The van der Waals surface area contributed by atoms with E-state index < -0.39 is 0 Å². The molecule has 0 unspecified atom stereocenters. The summed E-state index contributed by atoms with van der Waals surface area (Å²) in [7, 11) is 0. The molecule has 0 saturated carbocycles. The highest BCUT2D eigenvalue weighted by molar-refractivity contribution is 6.29. The van der Waals surface area contributed by atoms with Gasteiger partial charge in [-0.1, -0.05) is 35.9 Å². The van der Waals surface area contributed by atoms with Crippen molar-refractivity contribution in [2.45, 2.75) is 13.5 Å². The second-order valence-corrected chi connectivity index (χ2v) is 6.25. The summed E-state index contributed by atoms with van der Waals surface area (Å²) in [4.78, 5) is 20.7. The number of hydrogen-bond acceptors (Lipinski definition) is 3. The van der Waals surface area contributed by atoms with E-state index in [0.29, 0.717) is 10.7 Å². The summed E-state index contributed by atoms with van der Waals surface area (Å²) < 4.78 is 0. The van der Waals surface area contributed by atoms with E-state index in [1.807, 2.05) is 4.90 Å². The smallest absolute Gasteiger partial charge is 0.255 e. The van der Waals surface area contributed by atoms with Crippen molar-refractivity contribution in [2.24, 2.45) is 0 Å². The molecule has 1 aromatic heterocycles. The first-order valence-electron chi connectivity index (χ1n) is 7.81. The first-order chi connectivity index (χ1) is 11.1. The van der Waals surface area contributed by atoms with E-state index in [9.17, 15) is 4.79 Å². The largest absolute Gasteiger partial charge is 0.336 e. The molecule has 2 aromatic rings. The van der Waals surface area contributed by atoms with Crippen LogP contribution < -0.4 is 0 Å². The second-order valence-electron chi connectivity index (χ2n) is 5.86. The van der Waals surface area contributed by atoms with Crippen LogP contribution in [-0.2, 0) is 6.54 Å². The molecule has 1 aliphatic rings. The van der Waals surface area contributed by atoms with Crippen LogP contribution in [0.1, 0.15) is 21.5 Å². The molecule has 5 heteroatoms. The summed E-state index contributed by atoms with van der Waals surface area (Å²) in [5, 5.41) is 0.407. The molecule has 120 valence electrons. The predicted octanol–water partition coefficient (Wildman–Crippen LogP) is 3.00. The first kappa shape index (κ1) is 16.0. The fraction of sp³-hybridized carbons (Fsp3) is 0.333. The zero-order valence-corrected chi connectivity index (χ0v) is 14.0. The number of aryl methyl sites for hydroxylation is 1. The van der Waals surface area contributed by atoms with E-state index in [4.69, 9.17) is 11.6 Å². The van der Waals surface area contributed by atoms with Crippen molar-refractivity contribution in [3.63, 3.8) is 0 Å². The van der Waals surface area contributed by atoms with Crippen LogP contribution in [0.15, 0.2) is 42.6 Å². The van der Waals surface area contributed by atoms with Crippen LogP contribution in [-0.4, -0.2) is 46.9 Å². The van der Waals surface area contributed by atoms with Crippen molar-refractivity contribution < 1.29 is 4.79 Å². The van der Waals surface area contributed by atoms with Gasteiger partial charge in [0.2, 0.25) is 0 Å². The number of pyridine rings is 1. The molecule has 3 rings (SSSR count). The van der Waals surface area contributed by atoms with Gasteiger partial charge in [-0.15, -0.1) is 0 Å². The zero-order chi connectivity index (χ0) is 16.2. The monoisotopic (exact) mass is 329 g/mol. The van der Waals surface area contributed by atoms with Crippen LogP contribution in [0.2, 0.25) is 5.15 Å². The normalized spacial score (nSPS) is 15.7. The number of rotatable bonds is 3. The van der Waals surface area contributed by atoms with Crippen molar-refractivity contribution in [2.75, 3.05) is 26.2 Å². The van der Waals surface area contributed by atoms with E-state index in [1.165, 1.54) is 11.1 Å². The van der Waals surface area contributed by atoms with Gasteiger partial charge in [0.25, 0.3) is 5.91 Å². The van der Waals surface area contributed by atoms with Gasteiger partial charge in [-0.05, 0) is 30.2 Å². The summed E-state index contributed by atoms with van der Waals surface area (Å²) in [5.41, 5.74) is 3.27. The molecule has 4 nitrogen and oxygen atoms in total. The molecule has 1 aliphatic heterocycles. The molecular formula is C18H20ClN3O. The average molecular weight is 330 g/mol. The highest BCUT2D eigenvalue weighted by Crippen LogP contribution is 2.14. The third-order valence-electron chi connectivity index (χ3n) is 4.29. The van der Waals surface area contributed by atoms with Gasteiger partial charge in [-0.25, -0.2) is 4.98 Å². The highest BCUT2D eigenvalue weighted by Gasteiger charge is 2.22. The van der Waals surface area contributed by atoms with Crippen molar-refractivity contribution in [1.82, 2.24) is 14.8 Å². The Balaban J connectivity index is 1.57. The van der Waals surface area contributed by atoms with Crippen LogP contribution in [0.4, 0.5) is 0 Å². The van der Waals surface area contributed by atoms with E-state index in [2.05, 4.69) is 41.1 Å². The maximum absolute atomic E-state index is 12.5. The molecule has 0 N–H and O–H groups in total. The lowest BCUT2D eigenvalue weighted by atomic mass is 10.1. The number of hydrogen-bond donors (Lipinski definition) is 0. The number of carbonyl (C=O) groups excluding carboxylic acids is 1. The average Bonchev–Trinajstić information content (AvgIpc) is 2.58. The molecular weight excluding hydrogens is 310 g/mol. The van der Waals surface area contributed by atoms with Gasteiger partial charge in [0.1, 0.15) is 5.15 Å². The van der Waals surface area contributed by atoms with Crippen LogP contribution in [0.3, 0.4) is 0 Å². The molecule has 0 spiro atoms. The quantitative estimate of drug-likeness (QED) is 0.812. The lowest BCUT2D eigenvalue weighted by Crippen LogP contribution is -2.48. The standard InChI is InChI=1S/C18H20ClN3O/c1-14-4-2-3-5-16(14)13-21-8-10-22(11-9-21)18(23)15-6-7-17(19)20-12-15/h2-7,12H,8-11,13H2,1H3. The van der Waals surface area contributed by atoms with Crippen molar-refractivity contribution in [1.29, 1.82) is 0 Å². The number of benzene rings is 1. The molecule has 23 heavy (non-hydrogen) atoms. The Morgan fingerprint density at radius 1 is 1.13 bits per heavy atom. The third kappa shape index (κ3) is 3.89. The van der Waals surface area contributed by atoms with Gasteiger partial charge in [0.05, 0.1) is 5.56 Å². The van der Waals surface area contributed by atoms with Crippen molar-refractivity contribution in [3.05, 3.63) is 64.4 Å². The second kappa shape index (κ2) is 7.11. The van der Waals surface area contributed by atoms with Crippen LogP contribution >= 0.6 is 11.6 Å². The van der Waals surface area contributed by atoms with E-state index >= 15 is 0 Å². The van der Waals surface area contributed by atoms with Crippen molar-refractivity contribution >= 4 is 17.5 Å². The van der Waals surface area contributed by atoms with Crippen LogP contribution in [0.5, 0.6) is 0 Å². The maximum atomic E-state index is 12.5. The SMILES string of the molecule is Cc1ccccc1CN1CCN(C(=O)c2ccc(Cl)nc2)CC1. The summed E-state index contributed by atoms with van der Waals surface area (Å²) in [5.74, 6) is 0.0321. The topological polar surface area (TPSA) is 36.4 Å². The Bertz CT molecular complexity index is 679. The molecule has 1 aromatic carbocycles. The molecule has 0 aliphatic carbocycles. The number of halogens is 1. The Kier molecular flexibility index (Phi) is 4.94. The van der Waals surface area contributed by atoms with Crippen molar-refractivity contribution in [3.8, 4) is 0 Å². The van der Waals surface area contributed by atoms with E-state index in [-0.39, 0.29) is 5.91 Å². The summed E-state index contributed by atoms with van der Waals surface area (Å²) in [6, 6.07) is 11.8. The third-order valence-corrected chi connectivity index (χ3v) is 4.51. The molecule has 0 bridgehead atoms. The lowest BCUT2D eigenvalue weighted by molar-refractivity contribution is 0.0628. The minimum atomic E-state index is 0.0321. The fourth-order valence-electron chi connectivity index (χ4n) is 2.82. The van der Waals surface area contributed by atoms with Gasteiger partial charge in [-0.3, -0.25) is 9.69 Å². The van der Waals surface area contributed by atoms with Crippen LogP contribution in [0.25, 0.3) is 0 Å². The number of piperazine rings is 1. The molecule has 1 fully saturated rings. The number of amides is 1. The van der Waals surface area contributed by atoms with Gasteiger partial charge in [-0.2, -0.15) is 0 Å². The zero-order valence-electron chi connectivity index (χ0n) is 13.2. The molecule has 1 saturated heterocycles. The number of carbonyl (C=O) groups is 1. The number of nitrogens with zero attached hydrogens (tertiary/aromatic N) is 3. The lowest BCUT2D eigenvalue weighted by Gasteiger charge is -2.35. The summed E-state index contributed by atoms with van der Waals surface area (Å²) >= 11 is 5.77. The van der Waals surface area contributed by atoms with Gasteiger partial charge < -0.3 is 4.90 Å². The predicted molar refractivity (Wildman–Crippen MR) is 91.6 cm³/mol. The molecule has 2 heterocycles. The molecule has 0 radical (unpaired) electrons.